The smallest absolute Gasteiger partial charge is 0.387 e. The van der Waals surface area contributed by atoms with Gasteiger partial charge in [-0.05, 0) is 42.5 Å². The van der Waals surface area contributed by atoms with E-state index in [0.717, 1.165) is 18.7 Å². The highest BCUT2D eigenvalue weighted by Gasteiger charge is 2.20. The van der Waals surface area contributed by atoms with E-state index in [1.165, 1.54) is 36.4 Å². The summed E-state index contributed by atoms with van der Waals surface area (Å²) in [7, 11) is 1.56. The number of rotatable bonds is 8. The fourth-order valence-electron chi connectivity index (χ4n) is 3.34. The molecule has 30 heavy (non-hydrogen) atoms. The minimum Gasteiger partial charge on any atom is -0.496 e. The van der Waals surface area contributed by atoms with Crippen LogP contribution in [0.3, 0.4) is 0 Å². The highest BCUT2D eigenvalue weighted by Crippen LogP contribution is 2.22. The number of piperazine rings is 1. The van der Waals surface area contributed by atoms with Crippen LogP contribution in [0.4, 0.5) is 18.9 Å². The van der Waals surface area contributed by atoms with E-state index in [4.69, 9.17) is 4.74 Å². The maximum atomic E-state index is 13.5. The number of hydrogen-bond donors (Lipinski definition) is 1. The first-order valence-corrected chi connectivity index (χ1v) is 9.55. The van der Waals surface area contributed by atoms with Gasteiger partial charge in [0.1, 0.15) is 17.3 Å². The van der Waals surface area contributed by atoms with E-state index in [1.54, 1.807) is 13.2 Å². The Morgan fingerprint density at radius 2 is 1.73 bits per heavy atom. The zero-order valence-corrected chi connectivity index (χ0v) is 16.6. The molecule has 0 spiro atoms. The van der Waals surface area contributed by atoms with Crippen LogP contribution in [0.25, 0.3) is 0 Å². The average Bonchev–Trinajstić information content (AvgIpc) is 2.71. The number of carbonyl (C=O) groups is 1. The second-order valence-electron chi connectivity index (χ2n) is 6.96. The van der Waals surface area contributed by atoms with Gasteiger partial charge in [-0.15, -0.1) is 0 Å². The van der Waals surface area contributed by atoms with Crippen LogP contribution in [0.15, 0.2) is 42.5 Å². The number of alkyl halides is 2. The van der Waals surface area contributed by atoms with Gasteiger partial charge >= 0.3 is 6.61 Å². The van der Waals surface area contributed by atoms with Crippen molar-refractivity contribution in [2.45, 2.75) is 13.2 Å². The molecule has 1 heterocycles. The molecule has 0 aromatic heterocycles. The molecule has 6 nitrogen and oxygen atoms in total. The summed E-state index contributed by atoms with van der Waals surface area (Å²) in [5, 5.41) is 2.75. The topological polar surface area (TPSA) is 54.0 Å². The van der Waals surface area contributed by atoms with Crippen LogP contribution in [0, 0.1) is 5.82 Å². The van der Waals surface area contributed by atoms with Crippen LogP contribution in [0.2, 0.25) is 0 Å². The molecule has 3 rings (SSSR count). The third kappa shape index (κ3) is 6.36. The van der Waals surface area contributed by atoms with Crippen molar-refractivity contribution in [1.82, 2.24) is 9.80 Å². The third-order valence-electron chi connectivity index (χ3n) is 4.83. The summed E-state index contributed by atoms with van der Waals surface area (Å²) >= 11 is 0. The SMILES string of the molecule is COc1ccc(F)cc1CN1CCN(CC(=O)Nc2ccc(OC(F)F)cc2)CC1. The molecule has 9 heteroatoms. The lowest BCUT2D eigenvalue weighted by atomic mass is 10.1. The molecule has 2 aromatic carbocycles. The molecular weight excluding hydrogens is 399 g/mol. The van der Waals surface area contributed by atoms with Crippen molar-refractivity contribution in [3.8, 4) is 11.5 Å². The van der Waals surface area contributed by atoms with Crippen LogP contribution in [0.1, 0.15) is 5.56 Å². The third-order valence-corrected chi connectivity index (χ3v) is 4.83. The van der Waals surface area contributed by atoms with Crippen molar-refractivity contribution in [3.05, 3.63) is 53.8 Å². The maximum absolute atomic E-state index is 13.5. The normalized spacial score (nSPS) is 15.2. The predicted molar refractivity (Wildman–Crippen MR) is 106 cm³/mol. The lowest BCUT2D eigenvalue weighted by molar-refractivity contribution is -0.117. The molecule has 1 amide bonds. The van der Waals surface area contributed by atoms with Gasteiger partial charge in [-0.1, -0.05) is 0 Å². The minimum absolute atomic E-state index is 0.0362. The Morgan fingerprint density at radius 1 is 1.07 bits per heavy atom. The fourth-order valence-corrected chi connectivity index (χ4v) is 3.34. The Bertz CT molecular complexity index is 841. The van der Waals surface area contributed by atoms with Crippen LogP contribution in [-0.2, 0) is 11.3 Å². The van der Waals surface area contributed by atoms with E-state index in [0.29, 0.717) is 31.1 Å². The molecule has 1 aliphatic rings. The number of amides is 1. The fraction of sp³-hybridized carbons (Fsp3) is 0.381. The molecule has 1 aliphatic heterocycles. The number of halogens is 3. The zero-order valence-electron chi connectivity index (χ0n) is 16.6. The second kappa shape index (κ2) is 10.3. The van der Waals surface area contributed by atoms with Gasteiger partial charge in [-0.2, -0.15) is 8.78 Å². The van der Waals surface area contributed by atoms with Gasteiger partial charge in [0, 0.05) is 44.0 Å². The first kappa shape index (κ1) is 21.9. The molecule has 1 N–H and O–H groups in total. The van der Waals surface area contributed by atoms with Gasteiger partial charge < -0.3 is 14.8 Å². The maximum Gasteiger partial charge on any atom is 0.387 e. The molecule has 0 radical (unpaired) electrons. The minimum atomic E-state index is -2.88. The van der Waals surface area contributed by atoms with Crippen molar-refractivity contribution >= 4 is 11.6 Å². The molecule has 0 atom stereocenters. The summed E-state index contributed by atoms with van der Waals surface area (Å²) in [6, 6.07) is 10.3. The predicted octanol–water partition coefficient (Wildman–Crippen LogP) is 3.19. The Kier molecular flexibility index (Phi) is 7.53. The average molecular weight is 423 g/mol. The Balaban J connectivity index is 1.44. The highest BCUT2D eigenvalue weighted by atomic mass is 19.3. The summed E-state index contributed by atoms with van der Waals surface area (Å²) in [6.45, 7) is 0.809. The first-order valence-electron chi connectivity index (χ1n) is 9.55. The number of hydrogen-bond acceptors (Lipinski definition) is 5. The highest BCUT2D eigenvalue weighted by molar-refractivity contribution is 5.92. The van der Waals surface area contributed by atoms with Crippen LogP contribution >= 0.6 is 0 Å². The summed E-state index contributed by atoms with van der Waals surface area (Å²) in [4.78, 5) is 16.5. The molecule has 162 valence electrons. The summed E-state index contributed by atoms with van der Waals surface area (Å²) in [6.07, 6.45) is 0. The Labute approximate surface area is 173 Å². The van der Waals surface area contributed by atoms with E-state index in [1.807, 2.05) is 4.90 Å². The molecular formula is C21H24F3N3O3. The van der Waals surface area contributed by atoms with Gasteiger partial charge in [0.05, 0.1) is 13.7 Å². The molecule has 2 aromatic rings. The quantitative estimate of drug-likeness (QED) is 0.707. The Morgan fingerprint density at radius 3 is 2.37 bits per heavy atom. The number of anilines is 1. The number of ether oxygens (including phenoxy) is 2. The van der Waals surface area contributed by atoms with Gasteiger partial charge in [0.2, 0.25) is 5.91 Å². The van der Waals surface area contributed by atoms with Crippen molar-refractivity contribution in [3.63, 3.8) is 0 Å². The van der Waals surface area contributed by atoms with Crippen molar-refractivity contribution in [2.75, 3.05) is 45.2 Å². The van der Waals surface area contributed by atoms with Crippen LogP contribution < -0.4 is 14.8 Å². The van der Waals surface area contributed by atoms with Crippen LogP contribution in [0.5, 0.6) is 11.5 Å². The number of methoxy groups -OCH3 is 1. The second-order valence-corrected chi connectivity index (χ2v) is 6.96. The van der Waals surface area contributed by atoms with Crippen LogP contribution in [-0.4, -0.2) is 62.2 Å². The molecule has 0 aliphatic carbocycles. The summed E-state index contributed by atoms with van der Waals surface area (Å²) < 4.78 is 47.5. The van der Waals surface area contributed by atoms with E-state index < -0.39 is 6.61 Å². The van der Waals surface area contributed by atoms with Gasteiger partial charge in [0.15, 0.2) is 0 Å². The molecule has 1 fully saturated rings. The number of nitrogens with one attached hydrogen (secondary N) is 1. The first-order chi connectivity index (χ1) is 14.4. The summed E-state index contributed by atoms with van der Waals surface area (Å²) in [5.74, 6) is 0.213. The lowest BCUT2D eigenvalue weighted by Gasteiger charge is -2.34. The van der Waals surface area contributed by atoms with Crippen molar-refractivity contribution in [2.24, 2.45) is 0 Å². The molecule has 1 saturated heterocycles. The van der Waals surface area contributed by atoms with Crippen molar-refractivity contribution < 1.29 is 27.4 Å². The summed E-state index contributed by atoms with van der Waals surface area (Å²) in [5.41, 5.74) is 1.31. The van der Waals surface area contributed by atoms with E-state index >= 15 is 0 Å². The largest absolute Gasteiger partial charge is 0.496 e. The molecule has 0 bridgehead atoms. The number of benzene rings is 2. The van der Waals surface area contributed by atoms with Gasteiger partial charge in [-0.3, -0.25) is 14.6 Å². The molecule has 0 saturated carbocycles. The zero-order chi connectivity index (χ0) is 21.5. The Hall–Kier alpha value is -2.78. The van der Waals surface area contributed by atoms with E-state index in [2.05, 4.69) is 15.0 Å². The lowest BCUT2D eigenvalue weighted by Crippen LogP contribution is -2.48. The number of nitrogens with zero attached hydrogens (tertiary/aromatic N) is 2. The molecule has 0 unspecified atom stereocenters. The monoisotopic (exact) mass is 423 g/mol. The number of carbonyl (C=O) groups excluding carboxylic acids is 1. The standard InChI is InChI=1S/C21H24F3N3O3/c1-29-19-7-2-16(22)12-15(19)13-26-8-10-27(11-9-26)14-20(28)25-17-3-5-18(6-4-17)30-21(23)24/h2-7,12,21H,8-11,13-14H2,1H3,(H,25,28). The van der Waals surface area contributed by atoms with Gasteiger partial charge in [0.25, 0.3) is 0 Å². The van der Waals surface area contributed by atoms with Crippen molar-refractivity contribution in [1.29, 1.82) is 0 Å². The van der Waals surface area contributed by atoms with Gasteiger partial charge in [-0.25, -0.2) is 4.39 Å². The van der Waals surface area contributed by atoms with E-state index in [-0.39, 0.29) is 24.0 Å². The van der Waals surface area contributed by atoms with E-state index in [9.17, 15) is 18.0 Å².